The summed E-state index contributed by atoms with van der Waals surface area (Å²) in [5.74, 6) is -0.678. The SMILES string of the molecule is CCn1ncc(C(C)NC(=O)c2cc(C(F)(F)F)[nH]n2)c1C. The van der Waals surface area contributed by atoms with Gasteiger partial charge in [-0.1, -0.05) is 0 Å². The highest BCUT2D eigenvalue weighted by Gasteiger charge is 2.34. The summed E-state index contributed by atoms with van der Waals surface area (Å²) in [5.41, 5.74) is 0.343. The Morgan fingerprint density at radius 3 is 2.68 bits per heavy atom. The highest BCUT2D eigenvalue weighted by molar-refractivity contribution is 5.92. The average molecular weight is 315 g/mol. The van der Waals surface area contributed by atoms with E-state index in [4.69, 9.17) is 0 Å². The molecule has 0 aliphatic carbocycles. The van der Waals surface area contributed by atoms with E-state index < -0.39 is 17.8 Å². The van der Waals surface area contributed by atoms with Gasteiger partial charge in [0.25, 0.3) is 5.91 Å². The summed E-state index contributed by atoms with van der Waals surface area (Å²) in [6.45, 7) is 6.24. The van der Waals surface area contributed by atoms with Gasteiger partial charge in [0.1, 0.15) is 5.69 Å². The molecule has 0 aromatic carbocycles. The largest absolute Gasteiger partial charge is 0.432 e. The van der Waals surface area contributed by atoms with Crippen molar-refractivity contribution in [2.24, 2.45) is 0 Å². The third-order valence-corrected chi connectivity index (χ3v) is 3.37. The maximum absolute atomic E-state index is 12.5. The number of carbonyl (C=O) groups is 1. The lowest BCUT2D eigenvalue weighted by molar-refractivity contribution is -0.141. The lowest BCUT2D eigenvalue weighted by Gasteiger charge is -2.13. The van der Waals surface area contributed by atoms with Crippen LogP contribution in [0.2, 0.25) is 0 Å². The van der Waals surface area contributed by atoms with E-state index in [1.165, 1.54) is 0 Å². The predicted molar refractivity (Wildman–Crippen MR) is 72.1 cm³/mol. The van der Waals surface area contributed by atoms with E-state index in [1.54, 1.807) is 17.8 Å². The molecule has 1 amide bonds. The third kappa shape index (κ3) is 3.12. The van der Waals surface area contributed by atoms with Crippen LogP contribution in [0.5, 0.6) is 0 Å². The number of rotatable bonds is 4. The molecular weight excluding hydrogens is 299 g/mol. The Morgan fingerprint density at radius 1 is 1.50 bits per heavy atom. The van der Waals surface area contributed by atoms with Crippen LogP contribution in [0.4, 0.5) is 13.2 Å². The first-order valence-electron chi connectivity index (χ1n) is 6.69. The summed E-state index contributed by atoms with van der Waals surface area (Å²) in [5, 5.41) is 12.0. The van der Waals surface area contributed by atoms with Crippen molar-refractivity contribution in [1.82, 2.24) is 25.3 Å². The molecule has 0 aliphatic heterocycles. The number of alkyl halides is 3. The first-order chi connectivity index (χ1) is 10.2. The van der Waals surface area contributed by atoms with Gasteiger partial charge in [0.15, 0.2) is 5.69 Å². The smallest absolute Gasteiger partial charge is 0.344 e. The number of hydrogen-bond donors (Lipinski definition) is 2. The number of nitrogens with zero attached hydrogens (tertiary/aromatic N) is 3. The van der Waals surface area contributed by atoms with Crippen LogP contribution < -0.4 is 5.32 Å². The van der Waals surface area contributed by atoms with Gasteiger partial charge in [0, 0.05) is 23.9 Å². The van der Waals surface area contributed by atoms with Crippen molar-refractivity contribution in [3.05, 3.63) is 34.9 Å². The van der Waals surface area contributed by atoms with Crippen LogP contribution in [0.3, 0.4) is 0 Å². The molecule has 9 heteroatoms. The zero-order chi connectivity index (χ0) is 16.5. The summed E-state index contributed by atoms with van der Waals surface area (Å²) < 4.78 is 39.2. The Hall–Kier alpha value is -2.32. The molecule has 22 heavy (non-hydrogen) atoms. The summed E-state index contributed by atoms with van der Waals surface area (Å²) >= 11 is 0. The van der Waals surface area contributed by atoms with Crippen molar-refractivity contribution in [1.29, 1.82) is 0 Å². The zero-order valence-corrected chi connectivity index (χ0v) is 12.3. The molecule has 0 saturated heterocycles. The molecular formula is C13H16F3N5O. The molecule has 0 radical (unpaired) electrons. The second-order valence-electron chi connectivity index (χ2n) is 4.86. The lowest BCUT2D eigenvalue weighted by atomic mass is 10.1. The van der Waals surface area contributed by atoms with Gasteiger partial charge in [-0.05, 0) is 20.8 Å². The Labute approximate surface area is 124 Å². The van der Waals surface area contributed by atoms with Gasteiger partial charge in [-0.25, -0.2) is 0 Å². The molecule has 2 aromatic rings. The fraction of sp³-hybridized carbons (Fsp3) is 0.462. The number of amides is 1. The molecule has 0 bridgehead atoms. The maximum atomic E-state index is 12.5. The quantitative estimate of drug-likeness (QED) is 0.910. The highest BCUT2D eigenvalue weighted by Crippen LogP contribution is 2.27. The molecule has 1 unspecified atom stereocenters. The van der Waals surface area contributed by atoms with Crippen LogP contribution in [0.15, 0.2) is 12.3 Å². The number of aromatic nitrogens is 4. The second-order valence-corrected chi connectivity index (χ2v) is 4.86. The number of H-pyrrole nitrogens is 1. The minimum absolute atomic E-state index is 0.306. The summed E-state index contributed by atoms with van der Waals surface area (Å²) in [7, 11) is 0. The molecule has 2 rings (SSSR count). The average Bonchev–Trinajstić information content (AvgIpc) is 3.04. The van der Waals surface area contributed by atoms with Crippen molar-refractivity contribution >= 4 is 5.91 Å². The first-order valence-corrected chi connectivity index (χ1v) is 6.69. The third-order valence-electron chi connectivity index (χ3n) is 3.37. The normalized spacial score (nSPS) is 13.2. The van der Waals surface area contributed by atoms with Gasteiger partial charge in [-0.2, -0.15) is 23.4 Å². The van der Waals surface area contributed by atoms with Crippen LogP contribution in [-0.4, -0.2) is 25.9 Å². The molecule has 6 nitrogen and oxygen atoms in total. The van der Waals surface area contributed by atoms with E-state index in [1.807, 2.05) is 18.9 Å². The van der Waals surface area contributed by atoms with Gasteiger partial charge < -0.3 is 5.32 Å². The Morgan fingerprint density at radius 2 is 2.18 bits per heavy atom. The van der Waals surface area contributed by atoms with E-state index >= 15 is 0 Å². The minimum atomic E-state index is -4.56. The first kappa shape index (κ1) is 16.1. The van der Waals surface area contributed by atoms with Crippen LogP contribution >= 0.6 is 0 Å². The highest BCUT2D eigenvalue weighted by atomic mass is 19.4. The van der Waals surface area contributed by atoms with Gasteiger partial charge in [0.2, 0.25) is 0 Å². The molecule has 120 valence electrons. The van der Waals surface area contributed by atoms with E-state index in [-0.39, 0.29) is 11.7 Å². The van der Waals surface area contributed by atoms with Gasteiger partial charge in [0.05, 0.1) is 12.2 Å². The maximum Gasteiger partial charge on any atom is 0.432 e. The van der Waals surface area contributed by atoms with E-state index in [0.717, 1.165) is 11.3 Å². The number of aryl methyl sites for hydroxylation is 1. The zero-order valence-electron chi connectivity index (χ0n) is 12.3. The van der Waals surface area contributed by atoms with Crippen molar-refractivity contribution in [2.45, 2.75) is 39.5 Å². The Kier molecular flexibility index (Phi) is 4.25. The van der Waals surface area contributed by atoms with Gasteiger partial charge >= 0.3 is 6.18 Å². The molecule has 2 N–H and O–H groups in total. The second kappa shape index (κ2) is 5.82. The molecule has 0 saturated carbocycles. The molecule has 0 aliphatic rings. The Balaban J connectivity index is 2.11. The van der Waals surface area contributed by atoms with E-state index in [0.29, 0.717) is 12.6 Å². The van der Waals surface area contributed by atoms with Crippen LogP contribution in [0, 0.1) is 6.92 Å². The minimum Gasteiger partial charge on any atom is -0.344 e. The fourth-order valence-electron chi connectivity index (χ4n) is 2.14. The van der Waals surface area contributed by atoms with Crippen molar-refractivity contribution in [3.63, 3.8) is 0 Å². The summed E-state index contributed by atoms with van der Waals surface area (Å²) in [4.78, 5) is 12.0. The molecule has 2 aromatic heterocycles. The topological polar surface area (TPSA) is 75.6 Å². The number of halogens is 3. The Bertz CT molecular complexity index is 674. The van der Waals surface area contributed by atoms with E-state index in [9.17, 15) is 18.0 Å². The fourth-order valence-corrected chi connectivity index (χ4v) is 2.14. The van der Waals surface area contributed by atoms with Crippen LogP contribution in [0.25, 0.3) is 0 Å². The number of aromatic amines is 1. The molecule has 0 spiro atoms. The molecule has 1 atom stereocenters. The predicted octanol–water partition coefficient (Wildman–Crippen LogP) is 2.44. The standard InChI is InChI=1S/C13H16F3N5O/c1-4-21-8(3)9(6-17-21)7(2)18-12(22)10-5-11(20-19-10)13(14,15)16/h5-7H,4H2,1-3H3,(H,18,22)(H,19,20). The van der Waals surface area contributed by atoms with Crippen molar-refractivity contribution in [2.75, 3.05) is 0 Å². The monoisotopic (exact) mass is 315 g/mol. The van der Waals surface area contributed by atoms with Gasteiger partial charge in [-0.15, -0.1) is 0 Å². The summed E-state index contributed by atoms with van der Waals surface area (Å²) in [6.07, 6.45) is -2.93. The van der Waals surface area contributed by atoms with E-state index in [2.05, 4.69) is 15.5 Å². The number of carbonyl (C=O) groups excluding carboxylic acids is 1. The van der Waals surface area contributed by atoms with Crippen molar-refractivity contribution in [3.8, 4) is 0 Å². The number of hydrogen-bond acceptors (Lipinski definition) is 3. The van der Waals surface area contributed by atoms with Gasteiger partial charge in [-0.3, -0.25) is 14.6 Å². The number of nitrogens with one attached hydrogen (secondary N) is 2. The molecule has 0 fully saturated rings. The lowest BCUT2D eigenvalue weighted by Crippen LogP contribution is -2.27. The van der Waals surface area contributed by atoms with Crippen LogP contribution in [-0.2, 0) is 12.7 Å². The molecule has 2 heterocycles. The van der Waals surface area contributed by atoms with Crippen LogP contribution in [0.1, 0.15) is 47.3 Å². The summed E-state index contributed by atoms with van der Waals surface area (Å²) in [6, 6.07) is 0.295. The van der Waals surface area contributed by atoms with Crippen molar-refractivity contribution < 1.29 is 18.0 Å².